The molecule has 0 fully saturated rings. The molecule has 12 heteroatoms. The second-order valence-corrected chi connectivity index (χ2v) is 6.19. The molecule has 0 amide bonds. The van der Waals surface area contributed by atoms with Gasteiger partial charge in [-0.25, -0.2) is 17.7 Å². The Kier molecular flexibility index (Phi) is 6.87. The molecule has 2 unspecified atom stereocenters. The Labute approximate surface area is 156 Å². The van der Waals surface area contributed by atoms with Gasteiger partial charge < -0.3 is 9.57 Å². The average molecular weight is 424 g/mol. The molecule has 0 aliphatic heterocycles. The molecule has 0 bridgehead atoms. The minimum absolute atomic E-state index is 0.0441. The third-order valence-corrected chi connectivity index (χ3v) is 4.40. The fraction of sp³-hybridized carbons (Fsp3) is 0.188. The van der Waals surface area contributed by atoms with Crippen LogP contribution in [0.4, 0.5) is 22.0 Å². The molecule has 28 heavy (non-hydrogen) atoms. The molecule has 2 aromatic carbocycles. The van der Waals surface area contributed by atoms with Crippen LogP contribution in [0.5, 0.6) is 11.5 Å². The van der Waals surface area contributed by atoms with Gasteiger partial charge in [0.2, 0.25) is 29.1 Å². The van der Waals surface area contributed by atoms with Crippen LogP contribution in [0.3, 0.4) is 0 Å². The molecule has 0 heterocycles. The predicted octanol–water partition coefficient (Wildman–Crippen LogP) is 4.28. The molecule has 0 aromatic heterocycles. The molecule has 0 saturated heterocycles. The van der Waals surface area contributed by atoms with E-state index >= 15 is 0 Å². The number of para-hydroxylation sites is 1. The Morgan fingerprint density at radius 3 is 1.96 bits per heavy atom. The molecule has 0 aliphatic rings. The van der Waals surface area contributed by atoms with Gasteiger partial charge in [0, 0.05) is 4.57 Å². The van der Waals surface area contributed by atoms with Crippen molar-refractivity contribution in [3.8, 4) is 11.5 Å². The zero-order valence-electron chi connectivity index (χ0n) is 14.3. The SMILES string of the molecule is COC(=O)C(C)N(Oc1ccccc1)[P+](=O)Oc1c(F)c(F)c(F)c(F)c1F. The molecule has 2 atom stereocenters. The van der Waals surface area contributed by atoms with Crippen molar-refractivity contribution in [2.45, 2.75) is 13.0 Å². The molecule has 0 radical (unpaired) electrons. The van der Waals surface area contributed by atoms with Crippen LogP contribution in [0.2, 0.25) is 0 Å². The number of carbonyl (C=O) groups is 1. The van der Waals surface area contributed by atoms with Gasteiger partial charge in [0.25, 0.3) is 5.75 Å². The number of nitrogens with zero attached hydrogens (tertiary/aromatic N) is 1. The fourth-order valence-electron chi connectivity index (χ4n) is 1.89. The van der Waals surface area contributed by atoms with Crippen molar-refractivity contribution in [2.24, 2.45) is 0 Å². The first-order chi connectivity index (χ1) is 13.2. The quantitative estimate of drug-likeness (QED) is 0.165. The topological polar surface area (TPSA) is 65.1 Å². The lowest BCUT2D eigenvalue weighted by molar-refractivity contribution is -0.151. The summed E-state index contributed by atoms with van der Waals surface area (Å²) in [6, 6.07) is 6.00. The molecule has 2 aromatic rings. The Hall–Kier alpha value is -2.78. The Morgan fingerprint density at radius 1 is 0.964 bits per heavy atom. The van der Waals surface area contributed by atoms with Crippen LogP contribution in [-0.4, -0.2) is 24.0 Å². The van der Waals surface area contributed by atoms with Gasteiger partial charge in [0.15, 0.2) is 11.8 Å². The maximum Gasteiger partial charge on any atom is 0.704 e. The van der Waals surface area contributed by atoms with Crippen molar-refractivity contribution < 1.29 is 45.4 Å². The summed E-state index contributed by atoms with van der Waals surface area (Å²) in [5.74, 6) is -14.3. The van der Waals surface area contributed by atoms with Crippen molar-refractivity contribution in [1.29, 1.82) is 0 Å². The van der Waals surface area contributed by atoms with Gasteiger partial charge in [-0.1, -0.05) is 18.2 Å². The summed E-state index contributed by atoms with van der Waals surface area (Å²) in [4.78, 5) is 17.3. The minimum atomic E-state index is -3.46. The summed E-state index contributed by atoms with van der Waals surface area (Å²) in [7, 11) is -2.45. The van der Waals surface area contributed by atoms with Gasteiger partial charge in [-0.05, 0) is 19.1 Å². The van der Waals surface area contributed by atoms with Gasteiger partial charge in [0.05, 0.1) is 7.11 Å². The first-order valence-electron chi connectivity index (χ1n) is 7.45. The number of hydrogen-bond acceptors (Lipinski definition) is 5. The average Bonchev–Trinajstić information content (AvgIpc) is 2.71. The summed E-state index contributed by atoms with van der Waals surface area (Å²) in [5, 5.41) is 0. The van der Waals surface area contributed by atoms with Crippen molar-refractivity contribution >= 4 is 14.1 Å². The van der Waals surface area contributed by atoms with Crippen LogP contribution in [0.15, 0.2) is 30.3 Å². The van der Waals surface area contributed by atoms with Gasteiger partial charge in [-0.2, -0.15) is 8.78 Å². The molecule has 0 saturated carbocycles. The van der Waals surface area contributed by atoms with Crippen LogP contribution in [-0.2, 0) is 14.1 Å². The molecule has 2 rings (SSSR count). The zero-order valence-corrected chi connectivity index (χ0v) is 15.2. The first-order valence-corrected chi connectivity index (χ1v) is 8.58. The highest BCUT2D eigenvalue weighted by molar-refractivity contribution is 7.36. The molecule has 0 N–H and O–H groups in total. The highest BCUT2D eigenvalue weighted by Crippen LogP contribution is 2.39. The number of hydrogen-bond donors (Lipinski definition) is 0. The van der Waals surface area contributed by atoms with E-state index in [4.69, 9.17) is 4.84 Å². The predicted molar refractivity (Wildman–Crippen MR) is 84.9 cm³/mol. The smallest absolute Gasteiger partial charge is 0.468 e. The third kappa shape index (κ3) is 4.37. The Bertz CT molecular complexity index is 870. The lowest BCUT2D eigenvalue weighted by Crippen LogP contribution is -2.38. The van der Waals surface area contributed by atoms with Crippen LogP contribution in [0, 0.1) is 29.1 Å². The number of ether oxygens (including phenoxy) is 1. The van der Waals surface area contributed by atoms with E-state index in [0.717, 1.165) is 14.0 Å². The van der Waals surface area contributed by atoms with E-state index in [1.54, 1.807) is 6.07 Å². The number of methoxy groups -OCH3 is 1. The van der Waals surface area contributed by atoms with E-state index in [-0.39, 0.29) is 5.75 Å². The van der Waals surface area contributed by atoms with Crippen molar-refractivity contribution in [3.05, 3.63) is 59.4 Å². The minimum Gasteiger partial charge on any atom is -0.468 e. The maximum atomic E-state index is 13.8. The van der Waals surface area contributed by atoms with Gasteiger partial charge >= 0.3 is 14.1 Å². The number of benzene rings is 2. The summed E-state index contributed by atoms with van der Waals surface area (Å²) >= 11 is 0. The molecule has 6 nitrogen and oxygen atoms in total. The first kappa shape index (κ1) is 21.5. The van der Waals surface area contributed by atoms with E-state index in [0.29, 0.717) is 4.83 Å². The van der Waals surface area contributed by atoms with Crippen LogP contribution < -0.4 is 9.36 Å². The monoisotopic (exact) mass is 424 g/mol. The second-order valence-electron chi connectivity index (χ2n) is 5.13. The third-order valence-electron chi connectivity index (χ3n) is 3.32. The molecule has 0 aliphatic carbocycles. The summed E-state index contributed by atoms with van der Waals surface area (Å²) in [5.41, 5.74) is 0. The van der Waals surface area contributed by atoms with Crippen LogP contribution in [0.1, 0.15) is 6.92 Å². The number of carbonyl (C=O) groups excluding carboxylic acids is 1. The van der Waals surface area contributed by atoms with Gasteiger partial charge in [0.1, 0.15) is 4.83 Å². The number of hydroxylamine groups is 1. The number of halogens is 5. The number of esters is 1. The second kappa shape index (κ2) is 8.94. The fourth-order valence-corrected chi connectivity index (χ4v) is 2.82. The summed E-state index contributed by atoms with van der Waals surface area (Å²) < 4.78 is 88.5. The van der Waals surface area contributed by atoms with Gasteiger partial charge in [-0.3, -0.25) is 4.79 Å². The van der Waals surface area contributed by atoms with Crippen molar-refractivity contribution in [1.82, 2.24) is 4.83 Å². The molecule has 150 valence electrons. The van der Waals surface area contributed by atoms with Crippen LogP contribution >= 0.6 is 8.18 Å². The van der Waals surface area contributed by atoms with E-state index in [9.17, 15) is 31.3 Å². The Balaban J connectivity index is 2.39. The van der Waals surface area contributed by atoms with E-state index < -0.39 is 55.0 Å². The van der Waals surface area contributed by atoms with E-state index in [1.807, 2.05) is 0 Å². The highest BCUT2D eigenvalue weighted by atomic mass is 31.1. The molecular weight excluding hydrogens is 412 g/mol. The number of rotatable bonds is 7. The summed E-state index contributed by atoms with van der Waals surface area (Å²) in [6.45, 7) is 1.16. The van der Waals surface area contributed by atoms with Crippen molar-refractivity contribution in [2.75, 3.05) is 7.11 Å². The lowest BCUT2D eigenvalue weighted by Gasteiger charge is -2.16. The van der Waals surface area contributed by atoms with Gasteiger partial charge in [-0.15, -0.1) is 0 Å². The van der Waals surface area contributed by atoms with E-state index in [1.165, 1.54) is 24.3 Å². The standard InChI is InChI=1S/C16H12F5NO5P/c1-8(16(23)25-2)22(26-9-6-4-3-5-7-9)28(24)27-15-13(20)11(18)10(17)12(19)14(15)21/h3-8H,1-2H3/q+1. The van der Waals surface area contributed by atoms with E-state index in [2.05, 4.69) is 9.26 Å². The lowest BCUT2D eigenvalue weighted by atomic mass is 10.3. The summed E-state index contributed by atoms with van der Waals surface area (Å²) in [6.07, 6.45) is 0. The van der Waals surface area contributed by atoms with Crippen molar-refractivity contribution in [3.63, 3.8) is 0 Å². The zero-order chi connectivity index (χ0) is 21.0. The largest absolute Gasteiger partial charge is 0.704 e. The molecular formula is C16H12F5NO5P+. The Morgan fingerprint density at radius 2 is 1.46 bits per heavy atom. The maximum absolute atomic E-state index is 13.8. The highest BCUT2D eigenvalue weighted by Gasteiger charge is 2.46. The molecule has 0 spiro atoms. The van der Waals surface area contributed by atoms with Crippen LogP contribution in [0.25, 0.3) is 0 Å². The normalized spacial score (nSPS) is 12.5.